The number of carboxylic acid groups (broad SMARTS) is 1. The fourth-order valence-corrected chi connectivity index (χ4v) is 1.84. The molecule has 0 bridgehead atoms. The number of carbonyl (C=O) groups is 3. The molecule has 182 valence electrons. The number of nitrogens with two attached hydrogens (primary N) is 1. The standard InChI is InChI=1S/C8H9NO3.C5H10NO7P.Mg.H3O4P.2H/c1-5-8(12)7(4-11)6(3-10)2-9-5;6-3(5(8)9)1-2-4(7)13-14(10,11)12;;1-5(2,3)4;;/h2,4,10,12H,3H2,1H3;3H,1-2,6H2,(H,8,9)(H2,10,11,12);;(H3,1,2,3,4);;/q;;+2;;2*-1/t;3-;;;;/m.0..../s1. The molecule has 1 aromatic rings. The first-order valence-electron chi connectivity index (χ1n) is 7.71. The molecule has 0 saturated heterocycles. The van der Waals surface area contributed by atoms with E-state index in [4.69, 9.17) is 45.0 Å². The van der Waals surface area contributed by atoms with Crippen molar-refractivity contribution in [1.82, 2.24) is 4.98 Å². The van der Waals surface area contributed by atoms with E-state index in [1.165, 1.54) is 6.20 Å². The molecular formula is C13H24MgN2O14P2. The number of nitrogens with zero attached hydrogens (tertiary/aromatic N) is 1. The second kappa shape index (κ2) is 16.2. The average molecular weight is 519 g/mol. The quantitative estimate of drug-likeness (QED) is 0.108. The summed E-state index contributed by atoms with van der Waals surface area (Å²) in [6.45, 7) is 1.29. The fraction of sp³-hybridized carbons (Fsp3) is 0.385. The number of phosphoric acid groups is 2. The van der Waals surface area contributed by atoms with E-state index in [2.05, 4.69) is 9.51 Å². The summed E-state index contributed by atoms with van der Waals surface area (Å²) in [7, 11) is -9.48. The van der Waals surface area contributed by atoms with Gasteiger partial charge in [-0.15, -0.1) is 0 Å². The topological polar surface area (TPSA) is 295 Å². The Bertz CT molecular complexity index is 858. The van der Waals surface area contributed by atoms with Gasteiger partial charge in [-0.3, -0.25) is 29.2 Å². The number of hydrogen-bond donors (Lipinski definition) is 9. The third-order valence-electron chi connectivity index (χ3n) is 2.84. The Morgan fingerprint density at radius 2 is 1.72 bits per heavy atom. The van der Waals surface area contributed by atoms with Crippen molar-refractivity contribution in [3.8, 4) is 5.75 Å². The summed E-state index contributed by atoms with van der Waals surface area (Å²) < 4.78 is 22.7. The van der Waals surface area contributed by atoms with Gasteiger partial charge in [0.1, 0.15) is 11.8 Å². The minimum Gasteiger partial charge on any atom is -1.00 e. The van der Waals surface area contributed by atoms with Crippen LogP contribution in [0.4, 0.5) is 0 Å². The summed E-state index contributed by atoms with van der Waals surface area (Å²) in [4.78, 5) is 73.0. The number of hydrogen-bond acceptors (Lipinski definition) is 10. The number of rotatable bonds is 7. The largest absolute Gasteiger partial charge is 2.00 e. The van der Waals surface area contributed by atoms with Crippen LogP contribution >= 0.6 is 15.6 Å². The zero-order chi connectivity index (χ0) is 25.0. The van der Waals surface area contributed by atoms with E-state index in [0.717, 1.165) is 0 Å². The molecule has 16 nitrogen and oxygen atoms in total. The number of aromatic hydroxyl groups is 1. The maximum Gasteiger partial charge on any atom is 2.00 e. The van der Waals surface area contributed by atoms with E-state index in [9.17, 15) is 24.1 Å². The van der Waals surface area contributed by atoms with Crippen molar-refractivity contribution < 1.29 is 70.7 Å². The van der Waals surface area contributed by atoms with Crippen LogP contribution in [-0.2, 0) is 29.8 Å². The van der Waals surface area contributed by atoms with Gasteiger partial charge in [0.2, 0.25) is 0 Å². The average Bonchev–Trinajstić information content (AvgIpc) is 2.59. The van der Waals surface area contributed by atoms with Gasteiger partial charge in [-0.05, 0) is 13.3 Å². The predicted molar refractivity (Wildman–Crippen MR) is 107 cm³/mol. The molecule has 0 fully saturated rings. The number of carboxylic acids is 1. The van der Waals surface area contributed by atoms with E-state index in [0.29, 0.717) is 17.5 Å². The summed E-state index contributed by atoms with van der Waals surface area (Å²) >= 11 is 0. The van der Waals surface area contributed by atoms with Crippen molar-refractivity contribution in [2.75, 3.05) is 0 Å². The van der Waals surface area contributed by atoms with Crippen molar-refractivity contribution in [2.45, 2.75) is 32.4 Å². The van der Waals surface area contributed by atoms with Crippen molar-refractivity contribution in [2.24, 2.45) is 5.73 Å². The van der Waals surface area contributed by atoms with E-state index < -0.39 is 40.0 Å². The molecule has 1 aromatic heterocycles. The van der Waals surface area contributed by atoms with Crippen molar-refractivity contribution in [1.29, 1.82) is 0 Å². The molecule has 1 atom stereocenters. The van der Waals surface area contributed by atoms with Crippen molar-refractivity contribution >= 4 is 56.9 Å². The number of pyridine rings is 1. The minimum absolute atomic E-state index is 0. The minimum atomic E-state index is -4.84. The smallest absolute Gasteiger partial charge is 1.00 e. The Morgan fingerprint density at radius 3 is 2.06 bits per heavy atom. The van der Waals surface area contributed by atoms with Crippen molar-refractivity contribution in [3.05, 3.63) is 23.0 Å². The molecule has 32 heavy (non-hydrogen) atoms. The van der Waals surface area contributed by atoms with E-state index >= 15 is 0 Å². The third kappa shape index (κ3) is 19.2. The molecule has 0 aromatic carbocycles. The molecular weight excluding hydrogens is 494 g/mol. The van der Waals surface area contributed by atoms with E-state index in [1.807, 2.05) is 0 Å². The summed E-state index contributed by atoms with van der Waals surface area (Å²) in [5.74, 6) is -2.64. The van der Waals surface area contributed by atoms with Gasteiger partial charge in [-0.1, -0.05) is 0 Å². The Labute approximate surface area is 199 Å². The van der Waals surface area contributed by atoms with Crippen LogP contribution in [-0.4, -0.2) is 92.1 Å². The maximum atomic E-state index is 10.6. The number of aryl methyl sites for hydroxylation is 1. The van der Waals surface area contributed by atoms with Crippen LogP contribution in [0.25, 0.3) is 0 Å². The molecule has 0 amide bonds. The van der Waals surface area contributed by atoms with Gasteiger partial charge in [0, 0.05) is 18.2 Å². The van der Waals surface area contributed by atoms with Crippen LogP contribution in [0, 0.1) is 6.92 Å². The SMILES string of the molecule is Cc1ncc(CO)c(C=O)c1O.N[C@@H](CCC(=O)OP(=O)(O)O)C(=O)O.O=P(O)(O)O.[H-].[H-].[Mg+2]. The predicted octanol–water partition coefficient (Wildman–Crippen LogP) is -1.87. The second-order valence-electron chi connectivity index (χ2n) is 5.36. The van der Waals surface area contributed by atoms with Crippen LogP contribution in [0.5, 0.6) is 5.75 Å². The van der Waals surface area contributed by atoms with Crippen LogP contribution < -0.4 is 5.73 Å². The first-order chi connectivity index (χ1) is 13.9. The molecule has 19 heteroatoms. The number of aromatic nitrogens is 1. The number of aliphatic hydroxyl groups excluding tert-OH is 1. The number of aliphatic hydroxyl groups is 1. The molecule has 0 saturated carbocycles. The molecule has 1 rings (SSSR count). The fourth-order valence-electron chi connectivity index (χ4n) is 1.49. The first kappa shape index (κ1) is 35.1. The monoisotopic (exact) mass is 518 g/mol. The Kier molecular flexibility index (Phi) is 17.7. The molecule has 0 aliphatic heterocycles. The van der Waals surface area contributed by atoms with Crippen LogP contribution in [0.3, 0.4) is 0 Å². The third-order valence-corrected chi connectivity index (χ3v) is 3.28. The zero-order valence-electron chi connectivity index (χ0n) is 18.5. The maximum absolute atomic E-state index is 10.6. The summed E-state index contributed by atoms with van der Waals surface area (Å²) in [6, 6.07) is -1.25. The molecule has 1 heterocycles. The molecule has 0 aliphatic carbocycles. The number of carbonyl (C=O) groups excluding carboxylic acids is 2. The van der Waals surface area contributed by atoms with Crippen LogP contribution in [0.1, 0.15) is 37.3 Å². The molecule has 0 aliphatic rings. The molecule has 0 spiro atoms. The van der Waals surface area contributed by atoms with Crippen molar-refractivity contribution in [3.63, 3.8) is 0 Å². The van der Waals surface area contributed by atoms with E-state index in [-0.39, 0.29) is 50.2 Å². The van der Waals surface area contributed by atoms with Gasteiger partial charge in [0.25, 0.3) is 0 Å². The summed E-state index contributed by atoms with van der Waals surface area (Å²) in [5, 5.41) is 26.4. The molecule has 10 N–H and O–H groups in total. The Morgan fingerprint density at radius 1 is 1.25 bits per heavy atom. The van der Waals surface area contributed by atoms with Gasteiger partial charge in [0.05, 0.1) is 17.9 Å². The Balaban J connectivity index is -0.000000129. The molecule has 0 radical (unpaired) electrons. The summed E-state index contributed by atoms with van der Waals surface area (Å²) in [6.07, 6.45) is 1.18. The first-order valence-corrected chi connectivity index (χ1v) is 10.8. The summed E-state index contributed by atoms with van der Waals surface area (Å²) in [5.41, 5.74) is 5.87. The Hall–Kier alpha value is -1.49. The van der Waals surface area contributed by atoms with Crippen LogP contribution in [0.2, 0.25) is 0 Å². The van der Waals surface area contributed by atoms with Gasteiger partial charge in [0.15, 0.2) is 6.29 Å². The number of aldehydes is 1. The second-order valence-corrected chi connectivity index (χ2v) is 7.55. The zero-order valence-corrected chi connectivity index (χ0v) is 19.7. The molecule has 0 unspecified atom stereocenters. The van der Waals surface area contributed by atoms with E-state index in [1.54, 1.807) is 6.92 Å². The number of aliphatic carboxylic acids is 1. The van der Waals surface area contributed by atoms with Gasteiger partial charge < -0.3 is 43.1 Å². The van der Waals surface area contributed by atoms with Crippen LogP contribution in [0.15, 0.2) is 6.20 Å². The van der Waals surface area contributed by atoms with Gasteiger partial charge in [-0.2, -0.15) is 0 Å². The van der Waals surface area contributed by atoms with Gasteiger partial charge >= 0.3 is 50.6 Å². The normalized spacial score (nSPS) is 11.4. The number of phosphoric ester groups is 1. The van der Waals surface area contributed by atoms with Gasteiger partial charge in [-0.25, -0.2) is 9.13 Å².